The van der Waals surface area contributed by atoms with Gasteiger partial charge in [0.05, 0.1) is 5.69 Å². The molecule has 3 heterocycles. The molecule has 2 aromatic heterocycles. The fourth-order valence-corrected chi connectivity index (χ4v) is 6.86. The van der Waals surface area contributed by atoms with Crippen LogP contribution in [0, 0.1) is 50.4 Å². The lowest BCUT2D eigenvalue weighted by Gasteiger charge is -2.15. The molecular formula is C30H29N5O2S2+2. The molecule has 196 valence electrons. The molecular weight excluding hydrogens is 526 g/mol. The predicted molar refractivity (Wildman–Crippen MR) is 151 cm³/mol. The smallest absolute Gasteiger partial charge is 0.268 e. The van der Waals surface area contributed by atoms with Gasteiger partial charge in [0.25, 0.3) is 21.9 Å². The molecule has 1 aliphatic heterocycles. The van der Waals surface area contributed by atoms with Gasteiger partial charge in [0.15, 0.2) is 11.4 Å². The predicted octanol–water partition coefficient (Wildman–Crippen LogP) is 5.30. The molecule has 0 spiro atoms. The first-order valence-electron chi connectivity index (χ1n) is 12.6. The van der Waals surface area contributed by atoms with Crippen molar-refractivity contribution in [1.29, 1.82) is 10.5 Å². The molecule has 3 aromatic rings. The Kier molecular flexibility index (Phi) is 8.54. The van der Waals surface area contributed by atoms with Crippen molar-refractivity contribution in [2.45, 2.75) is 63.9 Å². The lowest BCUT2D eigenvalue weighted by molar-refractivity contribution is -0.436. The Hall–Kier alpha value is -3.92. The molecule has 2 N–H and O–H groups in total. The van der Waals surface area contributed by atoms with Gasteiger partial charge in [-0.1, -0.05) is 25.5 Å². The molecule has 0 saturated heterocycles. The van der Waals surface area contributed by atoms with E-state index < -0.39 is 11.8 Å². The van der Waals surface area contributed by atoms with Crippen LogP contribution in [0.3, 0.4) is 0 Å². The van der Waals surface area contributed by atoms with Crippen molar-refractivity contribution in [1.82, 2.24) is 0 Å². The number of thioether (sulfide) groups is 2. The van der Waals surface area contributed by atoms with Crippen molar-refractivity contribution in [3.05, 3.63) is 85.4 Å². The summed E-state index contributed by atoms with van der Waals surface area (Å²) >= 11 is 2.15. The van der Waals surface area contributed by atoms with Crippen molar-refractivity contribution in [2.75, 3.05) is 4.90 Å². The van der Waals surface area contributed by atoms with Gasteiger partial charge in [-0.05, 0) is 79.0 Å². The topological polar surface area (TPSA) is 113 Å². The van der Waals surface area contributed by atoms with Gasteiger partial charge < -0.3 is 0 Å². The number of aromatic amines is 2. The maximum Gasteiger partial charge on any atom is 0.273 e. The molecule has 1 aromatic carbocycles. The zero-order valence-electron chi connectivity index (χ0n) is 22.6. The Bertz CT molecular complexity index is 1500. The fraction of sp³-hybridized carbons (Fsp3) is 0.267. The highest BCUT2D eigenvalue weighted by Gasteiger charge is 2.43. The number of nitrogens with zero attached hydrogens (tertiary/aromatic N) is 3. The first-order valence-corrected chi connectivity index (χ1v) is 14.3. The number of amides is 2. The highest BCUT2D eigenvalue weighted by atomic mass is 32.2. The van der Waals surface area contributed by atoms with Crippen LogP contribution in [0.5, 0.6) is 0 Å². The van der Waals surface area contributed by atoms with Crippen molar-refractivity contribution in [2.24, 2.45) is 0 Å². The summed E-state index contributed by atoms with van der Waals surface area (Å²) in [5, 5.41) is 20.6. The van der Waals surface area contributed by atoms with Gasteiger partial charge in [-0.2, -0.15) is 10.5 Å². The second-order valence-corrected chi connectivity index (χ2v) is 11.5. The minimum absolute atomic E-state index is 0.203. The van der Waals surface area contributed by atoms with Gasteiger partial charge in [-0.25, -0.2) is 14.9 Å². The Morgan fingerprint density at radius 3 is 1.67 bits per heavy atom. The summed E-state index contributed by atoms with van der Waals surface area (Å²) in [7, 11) is 0. The highest BCUT2D eigenvalue weighted by molar-refractivity contribution is 8.08. The maximum atomic E-state index is 13.9. The number of pyridine rings is 2. The molecule has 0 atom stereocenters. The standard InChI is InChI=1S/C30H27N5O2S2/c1-6-7-8-21-9-11-22(12-10-21)35-29(36)25(38-27-23(15-31)17(2)13-19(4)33-27)26(30(35)37)39-28-24(16-32)18(3)14-20(5)34-28/h9-14H,6-8H2,1-5H3/p+2. The summed E-state index contributed by atoms with van der Waals surface area (Å²) in [6, 6.07) is 15.6. The summed E-state index contributed by atoms with van der Waals surface area (Å²) in [5.41, 5.74) is 5.66. The molecule has 1 aliphatic rings. The zero-order valence-corrected chi connectivity index (χ0v) is 24.2. The zero-order chi connectivity index (χ0) is 28.3. The minimum atomic E-state index is -0.465. The van der Waals surface area contributed by atoms with E-state index in [0.29, 0.717) is 26.9 Å². The SMILES string of the molecule is CCCCc1ccc(N2C(=O)C(Sc3[nH+]c(C)cc(C)c3C#N)=C(Sc3[nH+]c(C)cc(C)c3C#N)C2=O)cc1. The van der Waals surface area contributed by atoms with Crippen LogP contribution in [-0.4, -0.2) is 11.8 Å². The van der Waals surface area contributed by atoms with Crippen molar-refractivity contribution >= 4 is 41.0 Å². The number of carbonyl (C=O) groups is 2. The van der Waals surface area contributed by atoms with Crippen molar-refractivity contribution in [3.8, 4) is 12.1 Å². The molecule has 4 rings (SSSR count). The van der Waals surface area contributed by atoms with Crippen LogP contribution >= 0.6 is 23.5 Å². The van der Waals surface area contributed by atoms with Crippen molar-refractivity contribution in [3.63, 3.8) is 0 Å². The molecule has 0 saturated carbocycles. The lowest BCUT2D eigenvalue weighted by atomic mass is 10.1. The number of rotatable bonds is 8. The number of nitrogens with one attached hydrogen (secondary N) is 2. The van der Waals surface area contributed by atoms with E-state index in [1.807, 2.05) is 52.0 Å². The van der Waals surface area contributed by atoms with Gasteiger partial charge in [0.1, 0.15) is 33.1 Å². The Balaban J connectivity index is 1.82. The van der Waals surface area contributed by atoms with Crippen LogP contribution in [-0.2, 0) is 16.0 Å². The first kappa shape index (κ1) is 28.1. The Morgan fingerprint density at radius 2 is 1.26 bits per heavy atom. The average Bonchev–Trinajstić information content (AvgIpc) is 3.11. The summed E-state index contributed by atoms with van der Waals surface area (Å²) < 4.78 is 0. The summed E-state index contributed by atoms with van der Waals surface area (Å²) in [6.07, 6.45) is 3.07. The number of aryl methyl sites for hydroxylation is 5. The lowest BCUT2D eigenvalue weighted by Crippen LogP contribution is -2.31. The summed E-state index contributed by atoms with van der Waals surface area (Å²) in [5.74, 6) is -0.929. The van der Waals surface area contributed by atoms with Crippen LogP contribution in [0.25, 0.3) is 0 Å². The molecule has 0 radical (unpaired) electrons. The highest BCUT2D eigenvalue weighted by Crippen LogP contribution is 2.44. The Labute approximate surface area is 237 Å². The molecule has 0 fully saturated rings. The Morgan fingerprint density at radius 1 is 0.795 bits per heavy atom. The maximum absolute atomic E-state index is 13.9. The number of carbonyl (C=O) groups excluding carboxylic acids is 2. The van der Waals surface area contributed by atoms with E-state index in [4.69, 9.17) is 0 Å². The first-order chi connectivity index (χ1) is 18.7. The number of benzene rings is 1. The molecule has 39 heavy (non-hydrogen) atoms. The fourth-order valence-electron chi connectivity index (χ4n) is 4.44. The normalized spacial score (nSPS) is 13.2. The second kappa shape index (κ2) is 11.9. The number of aromatic nitrogens is 2. The van der Waals surface area contributed by atoms with Crippen LogP contribution in [0.1, 0.15) is 59.0 Å². The molecule has 0 unspecified atom stereocenters. The van der Waals surface area contributed by atoms with Crippen molar-refractivity contribution < 1.29 is 19.6 Å². The summed E-state index contributed by atoms with van der Waals surface area (Å²) in [6.45, 7) is 9.56. The monoisotopic (exact) mass is 555 g/mol. The number of hydrogen-bond donors (Lipinski definition) is 0. The number of nitriles is 2. The van der Waals surface area contributed by atoms with E-state index in [2.05, 4.69) is 29.0 Å². The third-order valence-corrected chi connectivity index (χ3v) is 8.69. The van der Waals surface area contributed by atoms with Gasteiger partial charge in [0, 0.05) is 26.0 Å². The third-order valence-electron chi connectivity index (χ3n) is 6.38. The second-order valence-electron chi connectivity index (χ2n) is 9.48. The van der Waals surface area contributed by atoms with E-state index in [9.17, 15) is 20.1 Å². The number of hydrogen-bond acceptors (Lipinski definition) is 6. The average molecular weight is 556 g/mol. The number of unbranched alkanes of at least 4 members (excludes halogenated alkanes) is 1. The van der Waals surface area contributed by atoms with Crippen LogP contribution in [0.4, 0.5) is 5.69 Å². The minimum Gasteiger partial charge on any atom is -0.268 e. The summed E-state index contributed by atoms with van der Waals surface area (Å²) in [4.78, 5) is 35.7. The molecule has 0 bridgehead atoms. The van der Waals surface area contributed by atoms with Crippen LogP contribution in [0.2, 0.25) is 0 Å². The van der Waals surface area contributed by atoms with Crippen LogP contribution in [0.15, 0.2) is 56.3 Å². The van der Waals surface area contributed by atoms with E-state index in [1.165, 1.54) is 4.90 Å². The number of H-pyrrole nitrogens is 2. The molecule has 7 nitrogen and oxygen atoms in total. The quantitative estimate of drug-likeness (QED) is 0.348. The van der Waals surface area contributed by atoms with Gasteiger partial charge >= 0.3 is 0 Å². The number of anilines is 1. The van der Waals surface area contributed by atoms with Gasteiger partial charge in [-0.3, -0.25) is 9.59 Å². The third kappa shape index (κ3) is 5.75. The number of imide groups is 1. The van der Waals surface area contributed by atoms with Gasteiger partial charge in [0.2, 0.25) is 0 Å². The van der Waals surface area contributed by atoms with E-state index in [1.54, 1.807) is 12.1 Å². The van der Waals surface area contributed by atoms with E-state index >= 15 is 0 Å². The largest absolute Gasteiger partial charge is 0.273 e. The van der Waals surface area contributed by atoms with Gasteiger partial charge in [-0.15, -0.1) is 0 Å². The van der Waals surface area contributed by atoms with Crippen LogP contribution < -0.4 is 14.9 Å². The van der Waals surface area contributed by atoms with E-state index in [-0.39, 0.29) is 9.81 Å². The molecule has 0 aliphatic carbocycles. The van der Waals surface area contributed by atoms with E-state index in [0.717, 1.165) is 70.9 Å². The molecule has 2 amide bonds. The molecule has 9 heteroatoms.